The summed E-state index contributed by atoms with van der Waals surface area (Å²) in [4.78, 5) is 28.4. The van der Waals surface area contributed by atoms with Crippen molar-refractivity contribution in [2.24, 2.45) is 0 Å². The first kappa shape index (κ1) is 18.5. The monoisotopic (exact) mass is 353 g/mol. The van der Waals surface area contributed by atoms with Crippen LogP contribution in [0.5, 0.6) is 5.75 Å². The smallest absolute Gasteiger partial charge is 0.267 e. The number of anilines is 1. The maximum absolute atomic E-state index is 12.4. The summed E-state index contributed by atoms with van der Waals surface area (Å²) in [6.07, 6.45) is 0.803. The van der Waals surface area contributed by atoms with E-state index in [1.807, 2.05) is 29.2 Å². The molecule has 1 saturated heterocycles. The van der Waals surface area contributed by atoms with Gasteiger partial charge in [-0.05, 0) is 32.0 Å². The van der Waals surface area contributed by atoms with Crippen LogP contribution in [0.15, 0.2) is 24.3 Å². The van der Waals surface area contributed by atoms with E-state index >= 15 is 0 Å². The normalized spacial score (nSPS) is 20.5. The van der Waals surface area contributed by atoms with Crippen LogP contribution in [0.4, 0.5) is 5.69 Å². The number of halogens is 1. The maximum Gasteiger partial charge on any atom is 0.267 e. The molecule has 0 aliphatic carbocycles. The molecule has 0 aromatic heterocycles. The molecule has 2 heterocycles. The van der Waals surface area contributed by atoms with Gasteiger partial charge in [-0.15, -0.1) is 12.4 Å². The van der Waals surface area contributed by atoms with E-state index in [0.29, 0.717) is 18.7 Å². The first-order valence-corrected chi connectivity index (χ1v) is 8.22. The Morgan fingerprint density at radius 3 is 2.92 bits per heavy atom. The number of carbonyl (C=O) groups excluding carboxylic acids is 2. The molecule has 1 N–H and O–H groups in total. The van der Waals surface area contributed by atoms with E-state index in [2.05, 4.69) is 5.32 Å². The minimum atomic E-state index is -0.512. The Labute approximate surface area is 148 Å². The molecule has 0 radical (unpaired) electrons. The lowest BCUT2D eigenvalue weighted by Gasteiger charge is -2.33. The number of hydrogen-bond acceptors (Lipinski definition) is 4. The van der Waals surface area contributed by atoms with Crippen molar-refractivity contribution in [1.82, 2.24) is 10.2 Å². The largest absolute Gasteiger partial charge is 0.479 e. The van der Waals surface area contributed by atoms with Gasteiger partial charge in [-0.25, -0.2) is 0 Å². The number of hydrogen-bond donors (Lipinski definition) is 1. The molecule has 2 aliphatic rings. The molecule has 132 valence electrons. The molecule has 24 heavy (non-hydrogen) atoms. The highest BCUT2D eigenvalue weighted by Crippen LogP contribution is 2.33. The molecule has 0 saturated carbocycles. The first-order chi connectivity index (χ1) is 11.2. The molecule has 7 heteroatoms. The summed E-state index contributed by atoms with van der Waals surface area (Å²) in [7, 11) is 0. The van der Waals surface area contributed by atoms with Crippen molar-refractivity contribution in [3.8, 4) is 5.75 Å². The summed E-state index contributed by atoms with van der Waals surface area (Å²) < 4.78 is 5.62. The standard InChI is InChI=1S/C17H23N3O3.ClH/c1-13-17(22)20(14-5-2-3-6-15(14)23-13)11-7-16(21)19-10-4-8-18-9-12-19;/h2-3,5-6,13,18H,4,7-12H2,1H3;1H. The Kier molecular flexibility index (Phi) is 6.45. The Bertz CT molecular complexity index is 588. The van der Waals surface area contributed by atoms with Crippen molar-refractivity contribution < 1.29 is 14.3 Å². The number of fused-ring (bicyclic) bond motifs is 1. The van der Waals surface area contributed by atoms with Crippen LogP contribution in [-0.4, -0.2) is 55.5 Å². The van der Waals surface area contributed by atoms with Crippen LogP contribution >= 0.6 is 12.4 Å². The number of nitrogens with zero attached hydrogens (tertiary/aromatic N) is 2. The van der Waals surface area contributed by atoms with Gasteiger partial charge < -0.3 is 19.9 Å². The zero-order valence-electron chi connectivity index (χ0n) is 13.9. The van der Waals surface area contributed by atoms with Crippen molar-refractivity contribution >= 4 is 29.9 Å². The molecule has 2 amide bonds. The van der Waals surface area contributed by atoms with Crippen molar-refractivity contribution in [3.05, 3.63) is 24.3 Å². The summed E-state index contributed by atoms with van der Waals surface area (Å²) in [5, 5.41) is 3.29. The predicted octanol–water partition coefficient (Wildman–Crippen LogP) is 1.43. The van der Waals surface area contributed by atoms with E-state index < -0.39 is 6.10 Å². The third-order valence-corrected chi connectivity index (χ3v) is 4.32. The lowest BCUT2D eigenvalue weighted by atomic mass is 10.1. The van der Waals surface area contributed by atoms with E-state index in [4.69, 9.17) is 4.74 Å². The number of benzene rings is 1. The molecular weight excluding hydrogens is 330 g/mol. The van der Waals surface area contributed by atoms with Crippen molar-refractivity contribution in [3.63, 3.8) is 0 Å². The second kappa shape index (κ2) is 8.35. The fourth-order valence-corrected chi connectivity index (χ4v) is 3.05. The number of rotatable bonds is 3. The maximum atomic E-state index is 12.4. The number of ether oxygens (including phenoxy) is 1. The molecule has 0 bridgehead atoms. The molecule has 1 aromatic rings. The molecule has 1 aromatic carbocycles. The van der Waals surface area contributed by atoms with Gasteiger partial charge in [-0.2, -0.15) is 0 Å². The molecule has 0 spiro atoms. The minimum Gasteiger partial charge on any atom is -0.479 e. The first-order valence-electron chi connectivity index (χ1n) is 8.22. The van der Waals surface area contributed by atoms with Crippen LogP contribution < -0.4 is 15.0 Å². The van der Waals surface area contributed by atoms with Gasteiger partial charge >= 0.3 is 0 Å². The quantitative estimate of drug-likeness (QED) is 0.893. The Balaban J connectivity index is 0.00000208. The molecule has 1 fully saturated rings. The number of para-hydroxylation sites is 2. The van der Waals surface area contributed by atoms with Gasteiger partial charge in [0.2, 0.25) is 5.91 Å². The molecule has 6 nitrogen and oxygen atoms in total. The Morgan fingerprint density at radius 1 is 1.29 bits per heavy atom. The van der Waals surface area contributed by atoms with Crippen LogP contribution in [-0.2, 0) is 9.59 Å². The van der Waals surface area contributed by atoms with E-state index in [1.165, 1.54) is 0 Å². The van der Waals surface area contributed by atoms with E-state index in [9.17, 15) is 9.59 Å². The molecule has 2 aliphatic heterocycles. The third kappa shape index (κ3) is 3.99. The summed E-state index contributed by atoms with van der Waals surface area (Å²) in [6.45, 7) is 5.46. The van der Waals surface area contributed by atoms with Crippen molar-refractivity contribution in [2.45, 2.75) is 25.9 Å². The van der Waals surface area contributed by atoms with E-state index in [1.54, 1.807) is 11.8 Å². The summed E-state index contributed by atoms with van der Waals surface area (Å²) in [5.74, 6) is 0.721. The zero-order valence-corrected chi connectivity index (χ0v) is 14.7. The average Bonchev–Trinajstić information content (AvgIpc) is 2.84. The summed E-state index contributed by atoms with van der Waals surface area (Å²) in [5.41, 5.74) is 0.751. The van der Waals surface area contributed by atoms with Gasteiger partial charge in [0.1, 0.15) is 5.75 Å². The minimum absolute atomic E-state index is 0. The Hall–Kier alpha value is -1.79. The second-order valence-corrected chi connectivity index (χ2v) is 5.95. The molecule has 1 unspecified atom stereocenters. The van der Waals surface area contributed by atoms with E-state index in [-0.39, 0.29) is 24.2 Å². The summed E-state index contributed by atoms with van der Waals surface area (Å²) in [6, 6.07) is 7.47. The predicted molar refractivity (Wildman–Crippen MR) is 94.8 cm³/mol. The van der Waals surface area contributed by atoms with Crippen LogP contribution in [0, 0.1) is 0 Å². The molecule has 3 rings (SSSR count). The molecular formula is C17H24ClN3O3. The van der Waals surface area contributed by atoms with Crippen molar-refractivity contribution in [1.29, 1.82) is 0 Å². The van der Waals surface area contributed by atoms with Gasteiger partial charge in [-0.1, -0.05) is 12.1 Å². The molecule has 1 atom stereocenters. The fraction of sp³-hybridized carbons (Fsp3) is 0.529. The van der Waals surface area contributed by atoms with Gasteiger partial charge in [0.25, 0.3) is 5.91 Å². The highest BCUT2D eigenvalue weighted by Gasteiger charge is 2.31. The van der Waals surface area contributed by atoms with Gasteiger partial charge in [0.05, 0.1) is 5.69 Å². The topological polar surface area (TPSA) is 61.9 Å². The van der Waals surface area contributed by atoms with Crippen LogP contribution in [0.2, 0.25) is 0 Å². The lowest BCUT2D eigenvalue weighted by Crippen LogP contribution is -2.46. The highest BCUT2D eigenvalue weighted by atomic mass is 35.5. The SMILES string of the molecule is CC1Oc2ccccc2N(CCC(=O)N2CCCNCC2)C1=O.Cl. The van der Waals surface area contributed by atoms with Crippen LogP contribution in [0.3, 0.4) is 0 Å². The highest BCUT2D eigenvalue weighted by molar-refractivity contribution is 6.00. The Morgan fingerprint density at radius 2 is 2.08 bits per heavy atom. The zero-order chi connectivity index (χ0) is 16.2. The lowest BCUT2D eigenvalue weighted by molar-refractivity contribution is -0.131. The van der Waals surface area contributed by atoms with Gasteiger partial charge in [0, 0.05) is 32.6 Å². The number of amides is 2. The van der Waals surface area contributed by atoms with Crippen LogP contribution in [0.25, 0.3) is 0 Å². The van der Waals surface area contributed by atoms with Crippen molar-refractivity contribution in [2.75, 3.05) is 37.6 Å². The average molecular weight is 354 g/mol. The van der Waals surface area contributed by atoms with E-state index in [0.717, 1.165) is 38.3 Å². The fourth-order valence-electron chi connectivity index (χ4n) is 3.05. The third-order valence-electron chi connectivity index (χ3n) is 4.32. The summed E-state index contributed by atoms with van der Waals surface area (Å²) >= 11 is 0. The van der Waals surface area contributed by atoms with Gasteiger partial charge in [0.15, 0.2) is 6.10 Å². The second-order valence-electron chi connectivity index (χ2n) is 5.95. The number of nitrogens with one attached hydrogen (secondary N) is 1. The van der Waals surface area contributed by atoms with Gasteiger partial charge in [-0.3, -0.25) is 9.59 Å². The number of carbonyl (C=O) groups is 2. The van der Waals surface area contributed by atoms with Crippen LogP contribution in [0.1, 0.15) is 19.8 Å².